The van der Waals surface area contributed by atoms with Gasteiger partial charge in [-0.25, -0.2) is 19.6 Å². The molecule has 166 valence electrons. The Morgan fingerprint density at radius 2 is 1.97 bits per heavy atom. The van der Waals surface area contributed by atoms with Gasteiger partial charge in [0.15, 0.2) is 5.65 Å². The number of aromatic nitrogens is 6. The molecule has 0 bridgehead atoms. The van der Waals surface area contributed by atoms with Gasteiger partial charge in [-0.2, -0.15) is 0 Å². The van der Waals surface area contributed by atoms with Gasteiger partial charge in [0.05, 0.1) is 23.0 Å². The van der Waals surface area contributed by atoms with Crippen molar-refractivity contribution in [2.45, 2.75) is 13.0 Å². The topological polar surface area (TPSA) is 118 Å². The fourth-order valence-electron chi connectivity index (χ4n) is 3.90. The first kappa shape index (κ1) is 19.5. The molecule has 0 unspecified atom stereocenters. The molecule has 3 aromatic heterocycles. The Labute approximate surface area is 189 Å². The Balaban J connectivity index is 1.35. The molecule has 33 heavy (non-hydrogen) atoms. The molecule has 4 heterocycles. The third-order valence-corrected chi connectivity index (χ3v) is 5.81. The minimum Gasteiger partial charge on any atom is -0.470 e. The van der Waals surface area contributed by atoms with Crippen molar-refractivity contribution in [3.8, 4) is 23.1 Å². The van der Waals surface area contributed by atoms with Gasteiger partial charge in [-0.15, -0.1) is 5.10 Å². The van der Waals surface area contributed by atoms with Gasteiger partial charge >= 0.3 is 0 Å². The number of hydrogen-bond donors (Lipinski definition) is 2. The van der Waals surface area contributed by atoms with Crippen molar-refractivity contribution in [1.29, 1.82) is 0 Å². The molecule has 0 amide bonds. The lowest BCUT2D eigenvalue weighted by molar-refractivity contribution is 0.137. The first-order chi connectivity index (χ1) is 16.1. The van der Waals surface area contributed by atoms with Crippen LogP contribution in [0.2, 0.25) is 0 Å². The van der Waals surface area contributed by atoms with Gasteiger partial charge in [0.2, 0.25) is 5.88 Å². The Morgan fingerprint density at radius 3 is 2.76 bits per heavy atom. The fraction of sp³-hybridized carbons (Fsp3) is 0.217. The third-order valence-electron chi connectivity index (χ3n) is 5.81. The zero-order valence-corrected chi connectivity index (χ0v) is 18.2. The number of nitrogen functional groups attached to an aromatic ring is 1. The van der Waals surface area contributed by atoms with E-state index in [0.29, 0.717) is 22.7 Å². The van der Waals surface area contributed by atoms with E-state index in [2.05, 4.69) is 25.4 Å². The highest BCUT2D eigenvalue weighted by atomic mass is 16.5. The number of anilines is 1. The third kappa shape index (κ3) is 3.31. The minimum atomic E-state index is 0.0603. The zero-order valence-electron chi connectivity index (χ0n) is 18.2. The molecule has 1 fully saturated rings. The molecule has 3 N–H and O–H groups in total. The number of nitrogens with zero attached hydrogens (tertiary/aromatic N) is 6. The SMILES string of the molecule is Cc1cc(-n2nc(OC3CNC3)c3c(N)ncnc32)ccc1Oc1ccc2c(c1)ncn2C. The smallest absolute Gasteiger partial charge is 0.247 e. The highest BCUT2D eigenvalue weighted by Crippen LogP contribution is 2.33. The summed E-state index contributed by atoms with van der Waals surface area (Å²) in [5.41, 5.74) is 10.4. The first-order valence-electron chi connectivity index (χ1n) is 10.6. The van der Waals surface area contributed by atoms with E-state index in [1.54, 1.807) is 11.0 Å². The van der Waals surface area contributed by atoms with Crippen LogP contribution in [0.25, 0.3) is 27.8 Å². The Kier molecular flexibility index (Phi) is 4.40. The van der Waals surface area contributed by atoms with Crippen molar-refractivity contribution in [3.63, 3.8) is 0 Å². The van der Waals surface area contributed by atoms with Crippen molar-refractivity contribution >= 4 is 27.9 Å². The summed E-state index contributed by atoms with van der Waals surface area (Å²) in [5.74, 6) is 2.26. The maximum atomic E-state index is 6.15. The number of aryl methyl sites for hydroxylation is 2. The molecular weight excluding hydrogens is 420 g/mol. The minimum absolute atomic E-state index is 0.0603. The lowest BCUT2D eigenvalue weighted by atomic mass is 10.2. The molecule has 2 aromatic carbocycles. The van der Waals surface area contributed by atoms with E-state index in [1.165, 1.54) is 6.33 Å². The molecule has 1 aliphatic rings. The monoisotopic (exact) mass is 442 g/mol. The van der Waals surface area contributed by atoms with Crippen LogP contribution >= 0.6 is 0 Å². The van der Waals surface area contributed by atoms with Crippen LogP contribution in [-0.4, -0.2) is 48.5 Å². The summed E-state index contributed by atoms with van der Waals surface area (Å²) in [5, 5.41) is 8.47. The predicted molar refractivity (Wildman–Crippen MR) is 124 cm³/mol. The van der Waals surface area contributed by atoms with Crippen LogP contribution in [0, 0.1) is 6.92 Å². The summed E-state index contributed by atoms with van der Waals surface area (Å²) < 4.78 is 15.9. The second-order valence-corrected chi connectivity index (χ2v) is 8.13. The van der Waals surface area contributed by atoms with Crippen LogP contribution in [-0.2, 0) is 7.05 Å². The summed E-state index contributed by atoms with van der Waals surface area (Å²) in [6.07, 6.45) is 3.28. The van der Waals surface area contributed by atoms with Crippen LogP contribution in [0.1, 0.15) is 5.56 Å². The average Bonchev–Trinajstić information content (AvgIpc) is 3.33. The van der Waals surface area contributed by atoms with E-state index in [0.717, 1.165) is 46.9 Å². The number of ether oxygens (including phenoxy) is 2. The first-order valence-corrected chi connectivity index (χ1v) is 10.6. The number of imidazole rings is 1. The number of benzene rings is 2. The number of nitrogens with one attached hydrogen (secondary N) is 1. The zero-order chi connectivity index (χ0) is 22.5. The van der Waals surface area contributed by atoms with Gasteiger partial charge in [-0.1, -0.05) is 0 Å². The largest absolute Gasteiger partial charge is 0.470 e. The quantitative estimate of drug-likeness (QED) is 0.427. The molecule has 0 spiro atoms. The molecule has 0 radical (unpaired) electrons. The molecule has 1 aliphatic heterocycles. The summed E-state index contributed by atoms with van der Waals surface area (Å²) in [4.78, 5) is 12.9. The van der Waals surface area contributed by atoms with Crippen LogP contribution < -0.4 is 20.5 Å². The highest BCUT2D eigenvalue weighted by molar-refractivity contribution is 5.91. The second-order valence-electron chi connectivity index (χ2n) is 8.13. The molecule has 10 heteroatoms. The van der Waals surface area contributed by atoms with Crippen molar-refractivity contribution in [1.82, 2.24) is 34.6 Å². The summed E-state index contributed by atoms with van der Waals surface area (Å²) in [6, 6.07) is 11.7. The molecule has 0 saturated carbocycles. The van der Waals surface area contributed by atoms with Crippen LogP contribution in [0.15, 0.2) is 49.1 Å². The summed E-state index contributed by atoms with van der Waals surface area (Å²) >= 11 is 0. The van der Waals surface area contributed by atoms with E-state index in [9.17, 15) is 0 Å². The summed E-state index contributed by atoms with van der Waals surface area (Å²) in [6.45, 7) is 3.54. The average molecular weight is 442 g/mol. The van der Waals surface area contributed by atoms with Gasteiger partial charge in [0.25, 0.3) is 0 Å². The maximum Gasteiger partial charge on any atom is 0.247 e. The Bertz CT molecular complexity index is 1500. The standard InChI is InChI=1S/C23H22N8O2/c1-13-7-14(3-6-19(13)32-15-4-5-18-17(8-15)28-12-30(18)2)31-22-20(21(24)26-11-27-22)23(29-31)33-16-9-25-10-16/h3-8,11-12,16,25H,9-10H2,1-2H3,(H2,24,26,27). The lowest BCUT2D eigenvalue weighted by Gasteiger charge is -2.26. The molecule has 6 rings (SSSR count). The molecule has 10 nitrogen and oxygen atoms in total. The van der Waals surface area contributed by atoms with E-state index in [-0.39, 0.29) is 6.10 Å². The van der Waals surface area contributed by atoms with E-state index < -0.39 is 0 Å². The van der Waals surface area contributed by atoms with E-state index >= 15 is 0 Å². The predicted octanol–water partition coefficient (Wildman–Crippen LogP) is 2.74. The lowest BCUT2D eigenvalue weighted by Crippen LogP contribution is -2.50. The van der Waals surface area contributed by atoms with Gasteiger partial charge in [0.1, 0.15) is 35.1 Å². The van der Waals surface area contributed by atoms with Crippen LogP contribution in [0.4, 0.5) is 5.82 Å². The number of hydrogen-bond acceptors (Lipinski definition) is 8. The Morgan fingerprint density at radius 1 is 1.09 bits per heavy atom. The fourth-order valence-corrected chi connectivity index (χ4v) is 3.90. The summed E-state index contributed by atoms with van der Waals surface area (Å²) in [7, 11) is 1.97. The second kappa shape index (κ2) is 7.45. The van der Waals surface area contributed by atoms with Crippen molar-refractivity contribution in [3.05, 3.63) is 54.6 Å². The van der Waals surface area contributed by atoms with Gasteiger partial charge in [-0.3, -0.25) is 0 Å². The maximum absolute atomic E-state index is 6.15. The highest BCUT2D eigenvalue weighted by Gasteiger charge is 2.24. The van der Waals surface area contributed by atoms with E-state index in [4.69, 9.17) is 15.2 Å². The van der Waals surface area contributed by atoms with E-state index in [1.807, 2.05) is 54.9 Å². The van der Waals surface area contributed by atoms with Gasteiger partial charge in [0, 0.05) is 26.2 Å². The molecule has 0 aliphatic carbocycles. The van der Waals surface area contributed by atoms with Gasteiger partial charge in [-0.05, 0) is 42.8 Å². The normalized spacial score (nSPS) is 14.0. The van der Waals surface area contributed by atoms with Crippen LogP contribution in [0.3, 0.4) is 0 Å². The Hall–Kier alpha value is -4.18. The molecule has 5 aromatic rings. The molecule has 0 atom stereocenters. The van der Waals surface area contributed by atoms with Gasteiger partial charge < -0.3 is 25.1 Å². The number of fused-ring (bicyclic) bond motifs is 2. The van der Waals surface area contributed by atoms with Crippen LogP contribution in [0.5, 0.6) is 17.4 Å². The molecular formula is C23H22N8O2. The van der Waals surface area contributed by atoms with Crippen molar-refractivity contribution < 1.29 is 9.47 Å². The molecule has 1 saturated heterocycles. The number of rotatable bonds is 5. The number of nitrogens with two attached hydrogens (primary N) is 1. The van der Waals surface area contributed by atoms with Crippen molar-refractivity contribution in [2.75, 3.05) is 18.8 Å². The van der Waals surface area contributed by atoms with Crippen molar-refractivity contribution in [2.24, 2.45) is 7.05 Å².